The van der Waals surface area contributed by atoms with Crippen molar-refractivity contribution in [1.82, 2.24) is 0 Å². The minimum absolute atomic E-state index is 0.180. The predicted molar refractivity (Wildman–Crippen MR) is 339 cm³/mol. The minimum Gasteiger partial charge on any atom is -0.0622 e. The van der Waals surface area contributed by atoms with E-state index >= 15 is 0 Å². The molecule has 0 amide bonds. The summed E-state index contributed by atoms with van der Waals surface area (Å²) in [5.74, 6) is 0. The predicted octanol–water partition coefficient (Wildman–Crippen LogP) is 21.3. The van der Waals surface area contributed by atoms with Crippen LogP contribution in [-0.2, 0) is 5.41 Å². The molecule has 1 spiro atoms. The third-order valence-corrected chi connectivity index (χ3v) is 15.5. The third-order valence-electron chi connectivity index (χ3n) is 15.5. The molecule has 0 fully saturated rings. The highest BCUT2D eigenvalue weighted by Crippen LogP contribution is 2.62. The van der Waals surface area contributed by atoms with Crippen LogP contribution in [0.15, 0.2) is 328 Å². The molecular formula is C79H60. The van der Waals surface area contributed by atoms with E-state index in [1.165, 1.54) is 121 Å². The molecule has 0 aromatic heterocycles. The number of fused-ring (bicyclic) bond motifs is 17. The molecule has 16 rings (SSSR count). The van der Waals surface area contributed by atoms with Crippen molar-refractivity contribution in [3.05, 3.63) is 361 Å². The fourth-order valence-corrected chi connectivity index (χ4v) is 11.8. The van der Waals surface area contributed by atoms with Gasteiger partial charge in [-0.05, 0) is 130 Å². The molecule has 0 unspecified atom stereocenters. The van der Waals surface area contributed by atoms with Crippen LogP contribution in [0.2, 0.25) is 0 Å². The van der Waals surface area contributed by atoms with Crippen LogP contribution in [0.3, 0.4) is 0 Å². The molecule has 0 N–H and O–H groups in total. The molecular weight excluding hydrogens is 949 g/mol. The Morgan fingerprint density at radius 1 is 0.190 bits per heavy atom. The van der Waals surface area contributed by atoms with E-state index in [9.17, 15) is 0 Å². The van der Waals surface area contributed by atoms with E-state index in [0.717, 1.165) is 0 Å². The Labute approximate surface area is 465 Å². The average Bonchev–Trinajstić information content (AvgIpc) is 2.21. The van der Waals surface area contributed by atoms with Crippen LogP contribution in [0.4, 0.5) is 0 Å². The summed E-state index contributed by atoms with van der Waals surface area (Å²) in [5.41, 5.74) is 18.6. The second-order valence-corrected chi connectivity index (χ2v) is 20.4. The van der Waals surface area contributed by atoms with E-state index < -0.39 is 0 Å². The van der Waals surface area contributed by atoms with Crippen LogP contribution in [0.5, 0.6) is 0 Å². The fraction of sp³-hybridized carbons (Fsp3) is 0.0380. The third kappa shape index (κ3) is 9.94. The lowest BCUT2D eigenvalue weighted by atomic mass is 9.70. The van der Waals surface area contributed by atoms with Crippen molar-refractivity contribution < 1.29 is 0 Å². The molecule has 0 heterocycles. The zero-order chi connectivity index (χ0) is 53.4. The molecule has 79 heavy (non-hydrogen) atoms. The monoisotopic (exact) mass is 1010 g/mol. The van der Waals surface area contributed by atoms with Crippen molar-refractivity contribution in [2.24, 2.45) is 0 Å². The van der Waals surface area contributed by atoms with E-state index in [2.05, 4.69) is 329 Å². The molecule has 0 heteroatoms. The Hall–Kier alpha value is -9.88. The summed E-state index contributed by atoms with van der Waals surface area (Å²) in [7, 11) is 0. The first-order chi connectivity index (χ1) is 39.1. The number of rotatable bonds is 2. The van der Waals surface area contributed by atoms with E-state index in [-0.39, 0.29) is 5.41 Å². The Balaban J connectivity index is 0.000000104. The molecule has 0 nitrogen and oxygen atoms in total. The molecule has 0 radical (unpaired) electrons. The van der Waals surface area contributed by atoms with Crippen molar-refractivity contribution in [3.63, 3.8) is 0 Å². The molecule has 0 atom stereocenters. The molecule has 376 valence electrons. The number of hydrogen-bond donors (Lipinski definition) is 0. The summed E-state index contributed by atoms with van der Waals surface area (Å²) in [6.07, 6.45) is 0. The van der Waals surface area contributed by atoms with Gasteiger partial charge in [-0.25, -0.2) is 0 Å². The van der Waals surface area contributed by atoms with Gasteiger partial charge in [0.15, 0.2) is 0 Å². The van der Waals surface area contributed by atoms with Crippen molar-refractivity contribution in [2.75, 3.05) is 0 Å². The largest absolute Gasteiger partial charge is 0.0725 e. The summed E-state index contributed by atoms with van der Waals surface area (Å²) < 4.78 is 0. The standard InChI is InChI=1S/C25H16.C18H12.C18H14.C10H8.C8H10/c1-5-13-21-17(9-1)18-10-2-6-14-22(18)25(21)23-15-7-3-11-19(23)20-12-4-8-16-24(20)25;1-2-8-14-13(7-1)15-9-3-4-11-17(15)18-12-6-5-10-16(14)18;1-3-8-15(9-4-1)17-12-7-13-18(14-17)16-10-5-2-6-11-16;1-2-6-10-8-4-3-7-9(10)5-1;1-7-3-5-8(2)6-4-7/h1-16H;1-12H;1-14H;1-8H;3-6H,1-2H3. The summed E-state index contributed by atoms with van der Waals surface area (Å²) >= 11 is 0. The van der Waals surface area contributed by atoms with E-state index in [0.29, 0.717) is 0 Å². The van der Waals surface area contributed by atoms with Crippen LogP contribution in [0.25, 0.3) is 87.6 Å². The summed E-state index contributed by atoms with van der Waals surface area (Å²) in [6, 6.07) is 116. The topological polar surface area (TPSA) is 0 Å². The van der Waals surface area contributed by atoms with E-state index in [4.69, 9.17) is 0 Å². The average molecular weight is 1010 g/mol. The smallest absolute Gasteiger partial charge is 0.0622 e. The number of aryl methyl sites for hydroxylation is 2. The Bertz CT molecular complexity index is 3830. The van der Waals surface area contributed by atoms with Gasteiger partial charge in [0, 0.05) is 0 Å². The molecule has 14 aromatic rings. The van der Waals surface area contributed by atoms with Crippen molar-refractivity contribution in [1.29, 1.82) is 0 Å². The highest BCUT2D eigenvalue weighted by Gasteiger charge is 2.51. The maximum atomic E-state index is 2.31. The van der Waals surface area contributed by atoms with Crippen molar-refractivity contribution in [2.45, 2.75) is 19.3 Å². The highest BCUT2D eigenvalue weighted by atomic mass is 14.5. The zero-order valence-electron chi connectivity index (χ0n) is 44.7. The molecule has 2 aliphatic carbocycles. The van der Waals surface area contributed by atoms with Gasteiger partial charge in [-0.15, -0.1) is 0 Å². The summed E-state index contributed by atoms with van der Waals surface area (Å²) in [6.45, 7) is 4.19. The first kappa shape index (κ1) is 50.0. The lowest BCUT2D eigenvalue weighted by molar-refractivity contribution is 0.794. The summed E-state index contributed by atoms with van der Waals surface area (Å²) in [4.78, 5) is 0. The molecule has 0 saturated carbocycles. The van der Waals surface area contributed by atoms with Crippen LogP contribution >= 0.6 is 0 Å². The van der Waals surface area contributed by atoms with Crippen LogP contribution in [0.1, 0.15) is 33.4 Å². The van der Waals surface area contributed by atoms with Crippen molar-refractivity contribution >= 4 is 43.1 Å². The maximum absolute atomic E-state index is 2.31. The van der Waals surface area contributed by atoms with Gasteiger partial charge in [-0.3, -0.25) is 0 Å². The van der Waals surface area contributed by atoms with Crippen LogP contribution < -0.4 is 0 Å². The zero-order valence-corrected chi connectivity index (χ0v) is 44.7. The maximum Gasteiger partial charge on any atom is 0.0725 e. The minimum atomic E-state index is -0.180. The van der Waals surface area contributed by atoms with Gasteiger partial charge in [0.05, 0.1) is 5.41 Å². The van der Waals surface area contributed by atoms with Gasteiger partial charge in [0.1, 0.15) is 0 Å². The molecule has 14 aromatic carbocycles. The second kappa shape index (κ2) is 22.8. The molecule has 0 aliphatic heterocycles. The molecule has 0 bridgehead atoms. The SMILES string of the molecule is Cc1ccc(C)cc1.c1ccc(-c2cccc(-c3ccccc3)c2)cc1.c1ccc2c(c1)-c1ccccc1C21c2ccccc2-c2ccccc21.c1ccc2c(c1)c1ccccc1c1ccccc21.c1ccc2ccccc2c1. The Morgan fingerprint density at radius 3 is 0.709 bits per heavy atom. The van der Waals surface area contributed by atoms with Crippen molar-refractivity contribution in [3.8, 4) is 44.5 Å². The van der Waals surface area contributed by atoms with Gasteiger partial charge in [-0.1, -0.05) is 333 Å². The quantitative estimate of drug-likeness (QED) is 0.151. The Morgan fingerprint density at radius 2 is 0.418 bits per heavy atom. The van der Waals surface area contributed by atoms with Crippen LogP contribution in [-0.4, -0.2) is 0 Å². The molecule has 2 aliphatic rings. The Kier molecular flexibility index (Phi) is 14.4. The number of hydrogen-bond acceptors (Lipinski definition) is 0. The first-order valence-corrected chi connectivity index (χ1v) is 27.4. The molecule has 0 saturated heterocycles. The van der Waals surface area contributed by atoms with Gasteiger partial charge < -0.3 is 0 Å². The van der Waals surface area contributed by atoms with E-state index in [1.807, 2.05) is 12.1 Å². The van der Waals surface area contributed by atoms with Gasteiger partial charge in [-0.2, -0.15) is 0 Å². The van der Waals surface area contributed by atoms with Crippen LogP contribution in [0, 0.1) is 13.8 Å². The fourth-order valence-electron chi connectivity index (χ4n) is 11.8. The lowest BCUT2D eigenvalue weighted by Gasteiger charge is -2.30. The lowest BCUT2D eigenvalue weighted by Crippen LogP contribution is -2.25. The number of benzene rings is 14. The van der Waals surface area contributed by atoms with E-state index in [1.54, 1.807) is 0 Å². The summed E-state index contributed by atoms with van der Waals surface area (Å²) in [5, 5.41) is 10.7. The van der Waals surface area contributed by atoms with Gasteiger partial charge in [0.25, 0.3) is 0 Å². The normalized spacial score (nSPS) is 11.8. The highest BCUT2D eigenvalue weighted by molar-refractivity contribution is 6.25. The van der Waals surface area contributed by atoms with Gasteiger partial charge >= 0.3 is 0 Å². The second-order valence-electron chi connectivity index (χ2n) is 20.4. The van der Waals surface area contributed by atoms with Gasteiger partial charge in [0.2, 0.25) is 0 Å². The first-order valence-electron chi connectivity index (χ1n) is 27.4.